The van der Waals surface area contributed by atoms with Crippen LogP contribution >= 0.6 is 0 Å². The molecule has 0 radical (unpaired) electrons. The van der Waals surface area contributed by atoms with Gasteiger partial charge >= 0.3 is 5.97 Å². The van der Waals surface area contributed by atoms with E-state index in [1.165, 1.54) is 4.57 Å². The van der Waals surface area contributed by atoms with Crippen LogP contribution in [0.25, 0.3) is 5.69 Å². The molecule has 2 aliphatic carbocycles. The summed E-state index contributed by atoms with van der Waals surface area (Å²) in [4.78, 5) is 11.4. The van der Waals surface area contributed by atoms with Crippen LogP contribution in [0.1, 0.15) is 35.8 Å². The minimum atomic E-state index is -0.834. The highest BCUT2D eigenvalue weighted by Crippen LogP contribution is 2.62. The van der Waals surface area contributed by atoms with Crippen molar-refractivity contribution >= 4 is 5.97 Å². The molecule has 120 valence electrons. The molecule has 2 aromatic rings. The number of aromatic hydroxyl groups is 2. The minimum Gasteiger partial charge on any atom is -0.497 e. The molecule has 1 aromatic carbocycles. The van der Waals surface area contributed by atoms with Gasteiger partial charge in [-0.2, -0.15) is 0 Å². The lowest BCUT2D eigenvalue weighted by Gasteiger charge is -2.17. The van der Waals surface area contributed by atoms with E-state index in [4.69, 9.17) is 4.74 Å². The molecular formula is C17H17NO5. The first-order valence-electron chi connectivity index (χ1n) is 7.56. The van der Waals surface area contributed by atoms with Crippen molar-refractivity contribution in [2.24, 2.45) is 5.92 Å². The van der Waals surface area contributed by atoms with Crippen LogP contribution in [0.3, 0.4) is 0 Å². The highest BCUT2D eigenvalue weighted by Gasteiger charge is 2.51. The largest absolute Gasteiger partial charge is 0.497 e. The van der Waals surface area contributed by atoms with Crippen LogP contribution in [0.4, 0.5) is 0 Å². The second kappa shape index (κ2) is 4.68. The average molecular weight is 315 g/mol. The van der Waals surface area contributed by atoms with Gasteiger partial charge in [0.05, 0.1) is 18.7 Å². The molecule has 3 atom stereocenters. The molecule has 0 saturated heterocycles. The lowest BCUT2D eigenvalue weighted by molar-refractivity contribution is -0.142. The van der Waals surface area contributed by atoms with Gasteiger partial charge in [0.15, 0.2) is 0 Å². The number of fused-ring (bicyclic) bond motifs is 5. The first-order valence-corrected chi connectivity index (χ1v) is 7.56. The highest BCUT2D eigenvalue weighted by molar-refractivity contribution is 5.75. The van der Waals surface area contributed by atoms with Crippen LogP contribution in [0.5, 0.6) is 17.5 Å². The van der Waals surface area contributed by atoms with Gasteiger partial charge in [0, 0.05) is 17.0 Å². The molecule has 3 unspecified atom stereocenters. The molecule has 6 heteroatoms. The summed E-state index contributed by atoms with van der Waals surface area (Å²) in [6.45, 7) is 0. The minimum absolute atomic E-state index is 0.00139. The number of ether oxygens (including phenoxy) is 1. The number of hydrogen-bond donors (Lipinski definition) is 3. The standard InChI is InChI=1S/C17H17NO5/c1-23-10-4-2-9(3-5-10)18-15(19)13-8-6-11(14(13)16(18)20)12(7-8)17(21)22/h2-5,8,11-12,19-20H,6-7H2,1H3,(H,21,22). The van der Waals surface area contributed by atoms with Gasteiger partial charge in [-0.15, -0.1) is 0 Å². The third-order valence-corrected chi connectivity index (χ3v) is 5.19. The van der Waals surface area contributed by atoms with Crippen molar-refractivity contribution in [3.8, 4) is 23.2 Å². The van der Waals surface area contributed by atoms with Crippen molar-refractivity contribution in [1.29, 1.82) is 0 Å². The molecule has 23 heavy (non-hydrogen) atoms. The van der Waals surface area contributed by atoms with Gasteiger partial charge in [-0.05, 0) is 43.0 Å². The molecule has 1 heterocycles. The van der Waals surface area contributed by atoms with Gasteiger partial charge in [0.1, 0.15) is 5.75 Å². The summed E-state index contributed by atoms with van der Waals surface area (Å²) in [5.41, 5.74) is 1.92. The molecule has 4 rings (SSSR count). The molecule has 0 amide bonds. The SMILES string of the molecule is COc1ccc(-n2c(O)c3c(c2O)C2CC3CC2C(=O)O)cc1. The molecule has 2 bridgehead atoms. The molecule has 0 spiro atoms. The Balaban J connectivity index is 1.83. The van der Waals surface area contributed by atoms with E-state index < -0.39 is 11.9 Å². The Labute approximate surface area is 132 Å². The molecule has 6 nitrogen and oxygen atoms in total. The summed E-state index contributed by atoms with van der Waals surface area (Å²) in [6, 6.07) is 6.97. The van der Waals surface area contributed by atoms with E-state index in [1.807, 2.05) is 0 Å². The number of carboxylic acids is 1. The zero-order valence-electron chi connectivity index (χ0n) is 12.6. The molecule has 0 aliphatic heterocycles. The van der Waals surface area contributed by atoms with E-state index in [2.05, 4.69) is 0 Å². The number of carbonyl (C=O) groups is 1. The van der Waals surface area contributed by atoms with Gasteiger partial charge in [-0.25, -0.2) is 0 Å². The van der Waals surface area contributed by atoms with E-state index in [0.29, 0.717) is 35.4 Å². The van der Waals surface area contributed by atoms with Crippen molar-refractivity contribution in [1.82, 2.24) is 4.57 Å². The number of benzene rings is 1. The highest BCUT2D eigenvalue weighted by atomic mass is 16.5. The third-order valence-electron chi connectivity index (χ3n) is 5.19. The normalized spacial score (nSPS) is 24.7. The van der Waals surface area contributed by atoms with E-state index in [-0.39, 0.29) is 23.6 Å². The number of aliphatic carboxylic acids is 1. The number of carboxylic acid groups (broad SMARTS) is 1. The lowest BCUT2D eigenvalue weighted by atomic mass is 9.85. The lowest BCUT2D eigenvalue weighted by Crippen LogP contribution is -2.19. The predicted molar refractivity (Wildman–Crippen MR) is 81.5 cm³/mol. The number of rotatable bonds is 3. The topological polar surface area (TPSA) is 91.9 Å². The summed E-state index contributed by atoms with van der Waals surface area (Å²) in [5.74, 6) is -0.901. The number of hydrogen-bond acceptors (Lipinski definition) is 4. The quantitative estimate of drug-likeness (QED) is 0.809. The van der Waals surface area contributed by atoms with Crippen LogP contribution in [0.15, 0.2) is 24.3 Å². The monoisotopic (exact) mass is 315 g/mol. The second-order valence-electron chi connectivity index (χ2n) is 6.23. The van der Waals surface area contributed by atoms with Gasteiger partial charge in [-0.3, -0.25) is 9.36 Å². The van der Waals surface area contributed by atoms with Gasteiger partial charge in [0.25, 0.3) is 0 Å². The van der Waals surface area contributed by atoms with E-state index in [0.717, 1.165) is 0 Å². The maximum Gasteiger partial charge on any atom is 0.307 e. The molecule has 3 N–H and O–H groups in total. The first kappa shape index (κ1) is 14.0. The Morgan fingerprint density at radius 1 is 1.13 bits per heavy atom. The average Bonchev–Trinajstić information content (AvgIpc) is 3.19. The molecule has 1 fully saturated rings. The fraction of sp³-hybridized carbons (Fsp3) is 0.353. The van der Waals surface area contributed by atoms with Crippen molar-refractivity contribution in [3.05, 3.63) is 35.4 Å². The summed E-state index contributed by atoms with van der Waals surface area (Å²) in [6.07, 6.45) is 1.21. The van der Waals surface area contributed by atoms with Gasteiger partial charge in [-0.1, -0.05) is 0 Å². The molecule has 1 aromatic heterocycles. The maximum absolute atomic E-state index is 11.4. The van der Waals surface area contributed by atoms with E-state index >= 15 is 0 Å². The Morgan fingerprint density at radius 3 is 2.39 bits per heavy atom. The van der Waals surface area contributed by atoms with E-state index in [9.17, 15) is 20.1 Å². The van der Waals surface area contributed by atoms with Gasteiger partial charge < -0.3 is 20.1 Å². The van der Waals surface area contributed by atoms with Crippen molar-refractivity contribution in [2.45, 2.75) is 24.7 Å². The number of methoxy groups -OCH3 is 1. The zero-order chi connectivity index (χ0) is 16.3. The Kier molecular flexibility index (Phi) is 2.85. The third kappa shape index (κ3) is 1.78. The Bertz CT molecular complexity index is 792. The fourth-order valence-electron chi connectivity index (χ4n) is 4.19. The zero-order valence-corrected chi connectivity index (χ0v) is 12.6. The molecular weight excluding hydrogens is 298 g/mol. The fourth-order valence-corrected chi connectivity index (χ4v) is 4.19. The summed E-state index contributed by atoms with van der Waals surface area (Å²) < 4.78 is 6.49. The summed E-state index contributed by atoms with van der Waals surface area (Å²) in [7, 11) is 1.57. The molecule has 1 saturated carbocycles. The van der Waals surface area contributed by atoms with Crippen LogP contribution in [-0.4, -0.2) is 33.0 Å². The van der Waals surface area contributed by atoms with Crippen LogP contribution < -0.4 is 4.74 Å². The number of aromatic nitrogens is 1. The van der Waals surface area contributed by atoms with Crippen LogP contribution in [0.2, 0.25) is 0 Å². The first-order chi connectivity index (χ1) is 11.0. The van der Waals surface area contributed by atoms with Crippen molar-refractivity contribution in [2.75, 3.05) is 7.11 Å². The van der Waals surface area contributed by atoms with Crippen molar-refractivity contribution < 1.29 is 24.9 Å². The maximum atomic E-state index is 11.4. The smallest absolute Gasteiger partial charge is 0.307 e. The van der Waals surface area contributed by atoms with Gasteiger partial charge in [0.2, 0.25) is 11.8 Å². The summed E-state index contributed by atoms with van der Waals surface area (Å²) >= 11 is 0. The Morgan fingerprint density at radius 2 is 1.78 bits per heavy atom. The summed E-state index contributed by atoms with van der Waals surface area (Å²) in [5, 5.41) is 30.5. The number of nitrogens with zero attached hydrogens (tertiary/aromatic N) is 1. The predicted octanol–water partition coefficient (Wildman–Crippen LogP) is 2.57. The van der Waals surface area contributed by atoms with E-state index in [1.54, 1.807) is 31.4 Å². The van der Waals surface area contributed by atoms with Crippen LogP contribution in [-0.2, 0) is 4.79 Å². The molecule has 2 aliphatic rings. The Hall–Kier alpha value is -2.63. The van der Waals surface area contributed by atoms with Crippen LogP contribution in [0, 0.1) is 5.92 Å². The van der Waals surface area contributed by atoms with Crippen molar-refractivity contribution in [3.63, 3.8) is 0 Å². The second-order valence-corrected chi connectivity index (χ2v) is 6.23.